The number of carbonyl (C=O) groups excluding carboxylic acids is 2. The maximum atomic E-state index is 12.7. The van der Waals surface area contributed by atoms with Gasteiger partial charge in [0, 0.05) is 24.7 Å². The van der Waals surface area contributed by atoms with Gasteiger partial charge in [0.25, 0.3) is 5.91 Å². The van der Waals surface area contributed by atoms with Crippen molar-refractivity contribution in [1.29, 1.82) is 0 Å². The number of ether oxygens (including phenoxy) is 3. The molecule has 0 radical (unpaired) electrons. The molecule has 1 amide bonds. The molecule has 0 N–H and O–H groups in total. The van der Waals surface area contributed by atoms with Crippen LogP contribution >= 0.6 is 0 Å². The predicted octanol–water partition coefficient (Wildman–Crippen LogP) is 3.18. The molecule has 4 rings (SSSR count). The Morgan fingerprint density at radius 1 is 1.04 bits per heavy atom. The second-order valence-electron chi connectivity index (χ2n) is 6.82. The molecule has 2 aromatic rings. The van der Waals surface area contributed by atoms with Crippen LogP contribution in [-0.4, -0.2) is 36.7 Å². The minimum Gasteiger partial charge on any atom is -0.454 e. The van der Waals surface area contributed by atoms with Gasteiger partial charge >= 0.3 is 5.97 Å². The summed E-state index contributed by atoms with van der Waals surface area (Å²) in [7, 11) is 0. The minimum atomic E-state index is -0.267. The number of esters is 1. The van der Waals surface area contributed by atoms with Gasteiger partial charge in [-0.05, 0) is 43.5 Å². The number of hydrogen-bond donors (Lipinski definition) is 0. The summed E-state index contributed by atoms with van der Waals surface area (Å²) in [6.07, 6.45) is 1.20. The molecule has 2 aromatic carbocycles. The van der Waals surface area contributed by atoms with E-state index >= 15 is 0 Å². The normalized spacial score (nSPS) is 16.3. The van der Waals surface area contributed by atoms with Crippen molar-refractivity contribution in [3.05, 3.63) is 53.6 Å². The van der Waals surface area contributed by atoms with Crippen LogP contribution in [0.2, 0.25) is 0 Å². The highest BCUT2D eigenvalue weighted by molar-refractivity contribution is 5.95. The van der Waals surface area contributed by atoms with Gasteiger partial charge in [0.2, 0.25) is 6.79 Å². The second-order valence-corrected chi connectivity index (χ2v) is 6.82. The molecule has 0 unspecified atom stereocenters. The molecule has 1 saturated heterocycles. The number of fused-ring (bicyclic) bond motifs is 1. The number of nitrogens with zero attached hydrogens (tertiary/aromatic N) is 1. The van der Waals surface area contributed by atoms with Crippen LogP contribution < -0.4 is 14.2 Å². The number of aryl methyl sites for hydroxylation is 1. The third-order valence-corrected chi connectivity index (χ3v) is 5.05. The fourth-order valence-electron chi connectivity index (χ4n) is 3.44. The smallest absolute Gasteiger partial charge is 0.314 e. The van der Waals surface area contributed by atoms with E-state index in [1.165, 1.54) is 0 Å². The third kappa shape index (κ3) is 3.60. The lowest BCUT2D eigenvalue weighted by molar-refractivity contribution is -0.140. The predicted molar refractivity (Wildman–Crippen MR) is 98.0 cm³/mol. The molecular weight excluding hydrogens is 346 g/mol. The fourth-order valence-corrected chi connectivity index (χ4v) is 3.44. The minimum absolute atomic E-state index is 0.0238. The second kappa shape index (κ2) is 7.31. The monoisotopic (exact) mass is 367 g/mol. The van der Waals surface area contributed by atoms with Gasteiger partial charge in [-0.3, -0.25) is 9.59 Å². The van der Waals surface area contributed by atoms with Crippen molar-refractivity contribution in [1.82, 2.24) is 4.90 Å². The molecule has 2 aliphatic rings. The van der Waals surface area contributed by atoms with Gasteiger partial charge in [0.15, 0.2) is 11.5 Å². The SMILES string of the molecule is Cc1ccccc1C(=O)N1CCC(C(=O)Oc2ccc3c(c2)OCO3)CC1. The number of piperidine rings is 1. The zero-order valence-corrected chi connectivity index (χ0v) is 15.1. The standard InChI is InChI=1S/C21H21NO5/c1-14-4-2-3-5-17(14)20(23)22-10-8-15(9-11-22)21(24)27-16-6-7-18-19(12-16)26-13-25-18/h2-7,12,15H,8-11,13H2,1H3. The first kappa shape index (κ1) is 17.4. The number of hydrogen-bond acceptors (Lipinski definition) is 5. The molecule has 2 aliphatic heterocycles. The molecule has 6 nitrogen and oxygen atoms in total. The largest absolute Gasteiger partial charge is 0.454 e. The summed E-state index contributed by atoms with van der Waals surface area (Å²) < 4.78 is 16.1. The van der Waals surface area contributed by atoms with Gasteiger partial charge in [-0.25, -0.2) is 0 Å². The van der Waals surface area contributed by atoms with Gasteiger partial charge in [-0.2, -0.15) is 0 Å². The number of amides is 1. The van der Waals surface area contributed by atoms with Crippen molar-refractivity contribution in [3.8, 4) is 17.2 Å². The molecule has 140 valence electrons. The summed E-state index contributed by atoms with van der Waals surface area (Å²) in [4.78, 5) is 27.0. The van der Waals surface area contributed by atoms with Crippen molar-refractivity contribution < 1.29 is 23.8 Å². The van der Waals surface area contributed by atoms with Crippen molar-refractivity contribution in [3.63, 3.8) is 0 Å². The molecule has 0 atom stereocenters. The average molecular weight is 367 g/mol. The van der Waals surface area contributed by atoms with E-state index < -0.39 is 0 Å². The van der Waals surface area contributed by atoms with Crippen LogP contribution in [0.25, 0.3) is 0 Å². The Morgan fingerprint density at radius 3 is 2.56 bits per heavy atom. The topological polar surface area (TPSA) is 65.1 Å². The van der Waals surface area contributed by atoms with Crippen LogP contribution in [0.5, 0.6) is 17.2 Å². The number of carbonyl (C=O) groups is 2. The van der Waals surface area contributed by atoms with Crippen LogP contribution in [0.15, 0.2) is 42.5 Å². The summed E-state index contributed by atoms with van der Waals surface area (Å²) >= 11 is 0. The van der Waals surface area contributed by atoms with E-state index in [9.17, 15) is 9.59 Å². The van der Waals surface area contributed by atoms with E-state index in [0.717, 1.165) is 11.1 Å². The van der Waals surface area contributed by atoms with Crippen LogP contribution in [0.3, 0.4) is 0 Å². The zero-order chi connectivity index (χ0) is 18.8. The van der Waals surface area contributed by atoms with Crippen molar-refractivity contribution in [2.75, 3.05) is 19.9 Å². The van der Waals surface area contributed by atoms with Crippen molar-refractivity contribution in [2.45, 2.75) is 19.8 Å². The maximum Gasteiger partial charge on any atom is 0.314 e. The zero-order valence-electron chi connectivity index (χ0n) is 15.1. The van der Waals surface area contributed by atoms with E-state index in [-0.39, 0.29) is 24.6 Å². The molecule has 1 fully saturated rings. The Morgan fingerprint density at radius 2 is 1.78 bits per heavy atom. The molecule has 0 aromatic heterocycles. The highest BCUT2D eigenvalue weighted by atomic mass is 16.7. The lowest BCUT2D eigenvalue weighted by Gasteiger charge is -2.31. The van der Waals surface area contributed by atoms with E-state index in [4.69, 9.17) is 14.2 Å². The molecule has 0 spiro atoms. The Hall–Kier alpha value is -3.02. The number of likely N-dealkylation sites (tertiary alicyclic amines) is 1. The van der Waals surface area contributed by atoms with E-state index in [1.54, 1.807) is 18.2 Å². The summed E-state index contributed by atoms with van der Waals surface area (Å²) in [5, 5.41) is 0. The van der Waals surface area contributed by atoms with Gasteiger partial charge < -0.3 is 19.1 Å². The lowest BCUT2D eigenvalue weighted by Crippen LogP contribution is -2.41. The van der Waals surface area contributed by atoms with Crippen molar-refractivity contribution >= 4 is 11.9 Å². The third-order valence-electron chi connectivity index (χ3n) is 5.05. The summed E-state index contributed by atoms with van der Waals surface area (Å²) in [6.45, 7) is 3.21. The van der Waals surface area contributed by atoms with Crippen LogP contribution in [-0.2, 0) is 4.79 Å². The highest BCUT2D eigenvalue weighted by Gasteiger charge is 2.29. The van der Waals surface area contributed by atoms with Crippen LogP contribution in [0, 0.1) is 12.8 Å². The molecular formula is C21H21NO5. The Bertz CT molecular complexity index is 871. The number of rotatable bonds is 3. The summed E-state index contributed by atoms with van der Waals surface area (Å²) in [6, 6.07) is 12.7. The van der Waals surface area contributed by atoms with Crippen LogP contribution in [0.1, 0.15) is 28.8 Å². The van der Waals surface area contributed by atoms with Gasteiger partial charge in [-0.1, -0.05) is 18.2 Å². The van der Waals surface area contributed by atoms with Gasteiger partial charge in [0.1, 0.15) is 5.75 Å². The maximum absolute atomic E-state index is 12.7. The van der Waals surface area contributed by atoms with E-state index in [2.05, 4.69) is 0 Å². The Labute approximate surface area is 157 Å². The summed E-state index contributed by atoms with van der Waals surface area (Å²) in [5.41, 5.74) is 1.69. The van der Waals surface area contributed by atoms with Crippen LogP contribution in [0.4, 0.5) is 0 Å². The molecule has 6 heteroatoms. The Kier molecular flexibility index (Phi) is 4.71. The number of benzene rings is 2. The quantitative estimate of drug-likeness (QED) is 0.616. The molecule has 0 saturated carbocycles. The summed E-state index contributed by atoms with van der Waals surface area (Å²) in [5.74, 6) is 1.23. The molecule has 2 heterocycles. The lowest BCUT2D eigenvalue weighted by atomic mass is 9.96. The molecule has 27 heavy (non-hydrogen) atoms. The van der Waals surface area contributed by atoms with E-state index in [0.29, 0.717) is 43.2 Å². The average Bonchev–Trinajstić information content (AvgIpc) is 3.16. The molecule has 0 aliphatic carbocycles. The van der Waals surface area contributed by atoms with Gasteiger partial charge in [0.05, 0.1) is 5.92 Å². The first-order valence-electron chi connectivity index (χ1n) is 9.08. The Balaban J connectivity index is 1.34. The first-order chi connectivity index (χ1) is 13.1. The van der Waals surface area contributed by atoms with Gasteiger partial charge in [-0.15, -0.1) is 0 Å². The first-order valence-corrected chi connectivity index (χ1v) is 9.08. The molecule has 0 bridgehead atoms. The fraction of sp³-hybridized carbons (Fsp3) is 0.333. The highest BCUT2D eigenvalue weighted by Crippen LogP contribution is 2.35. The van der Waals surface area contributed by atoms with Crippen molar-refractivity contribution in [2.24, 2.45) is 5.92 Å². The van der Waals surface area contributed by atoms with E-state index in [1.807, 2.05) is 36.1 Å².